The van der Waals surface area contributed by atoms with E-state index in [0.29, 0.717) is 6.07 Å². The topological polar surface area (TPSA) is 0 Å². The van der Waals surface area contributed by atoms with Crippen molar-refractivity contribution in [3.8, 4) is 0 Å². The molecule has 0 saturated carbocycles. The van der Waals surface area contributed by atoms with Gasteiger partial charge in [-0.25, -0.2) is 0 Å². The van der Waals surface area contributed by atoms with Crippen molar-refractivity contribution in [2.75, 3.05) is 0 Å². The SMILES string of the molecule is FC(F)(F)C(F)(F)C(F)(F)C(F)(F)C(F)(F)c1cc(Br)ccc1Br. The highest BCUT2D eigenvalue weighted by Crippen LogP contribution is 2.60. The fourth-order valence-corrected chi connectivity index (χ4v) is 2.34. The summed E-state index contributed by atoms with van der Waals surface area (Å²) in [6.45, 7) is 0. The van der Waals surface area contributed by atoms with E-state index in [1.54, 1.807) is 0 Å². The lowest BCUT2D eigenvalue weighted by Gasteiger charge is -2.37. The van der Waals surface area contributed by atoms with E-state index in [0.717, 1.165) is 6.07 Å². The third-order valence-electron chi connectivity index (χ3n) is 2.81. The van der Waals surface area contributed by atoms with Gasteiger partial charge in [-0.1, -0.05) is 31.9 Å². The maximum Gasteiger partial charge on any atom is 0.460 e. The molecule has 138 valence electrons. The minimum Gasteiger partial charge on any atom is -0.194 e. The number of rotatable bonds is 4. The highest BCUT2D eigenvalue weighted by Gasteiger charge is 2.87. The lowest BCUT2D eigenvalue weighted by Crippen LogP contribution is -2.65. The molecule has 0 fully saturated rings. The largest absolute Gasteiger partial charge is 0.460 e. The summed E-state index contributed by atoms with van der Waals surface area (Å²) in [7, 11) is 0. The molecule has 24 heavy (non-hydrogen) atoms. The average molecular weight is 504 g/mol. The van der Waals surface area contributed by atoms with Gasteiger partial charge in [0.2, 0.25) is 0 Å². The number of hydrogen-bond acceptors (Lipinski definition) is 0. The maximum atomic E-state index is 13.8. The monoisotopic (exact) mass is 502 g/mol. The van der Waals surface area contributed by atoms with Crippen LogP contribution in [-0.2, 0) is 5.92 Å². The van der Waals surface area contributed by atoms with E-state index >= 15 is 0 Å². The predicted molar refractivity (Wildman–Crippen MR) is 66.6 cm³/mol. The van der Waals surface area contributed by atoms with Crippen molar-refractivity contribution in [1.82, 2.24) is 0 Å². The van der Waals surface area contributed by atoms with Crippen LogP contribution in [0.2, 0.25) is 0 Å². The van der Waals surface area contributed by atoms with Gasteiger partial charge in [-0.15, -0.1) is 0 Å². The third kappa shape index (κ3) is 3.01. The van der Waals surface area contributed by atoms with E-state index in [9.17, 15) is 48.3 Å². The zero-order chi connectivity index (χ0) is 19.4. The first kappa shape index (κ1) is 21.5. The first-order chi connectivity index (χ1) is 10.4. The molecule has 1 rings (SSSR count). The van der Waals surface area contributed by atoms with Crippen LogP contribution < -0.4 is 0 Å². The smallest absolute Gasteiger partial charge is 0.194 e. The Morgan fingerprint density at radius 3 is 1.50 bits per heavy atom. The summed E-state index contributed by atoms with van der Waals surface area (Å²) in [4.78, 5) is 0. The first-order valence-corrected chi connectivity index (χ1v) is 7.03. The lowest BCUT2D eigenvalue weighted by atomic mass is 9.93. The summed E-state index contributed by atoms with van der Waals surface area (Å²) < 4.78 is 141. The molecular weight excluding hydrogens is 501 g/mol. The van der Waals surface area contributed by atoms with Crippen LogP contribution in [0.1, 0.15) is 5.56 Å². The van der Waals surface area contributed by atoms with Crippen LogP contribution >= 0.6 is 31.9 Å². The molecular formula is C11H3Br2F11. The molecule has 0 nitrogen and oxygen atoms in total. The van der Waals surface area contributed by atoms with Gasteiger partial charge in [0, 0.05) is 14.5 Å². The van der Waals surface area contributed by atoms with Crippen molar-refractivity contribution >= 4 is 31.9 Å². The summed E-state index contributed by atoms with van der Waals surface area (Å²) in [6, 6.07) is 1.87. The van der Waals surface area contributed by atoms with Crippen molar-refractivity contribution in [3.05, 3.63) is 32.7 Å². The van der Waals surface area contributed by atoms with E-state index < -0.39 is 39.9 Å². The van der Waals surface area contributed by atoms with E-state index in [1.165, 1.54) is 0 Å². The Hall–Kier alpha value is -0.590. The van der Waals surface area contributed by atoms with Crippen molar-refractivity contribution in [2.24, 2.45) is 0 Å². The summed E-state index contributed by atoms with van der Waals surface area (Å²) in [5.74, 6) is -28.0. The van der Waals surface area contributed by atoms with Gasteiger partial charge in [0.25, 0.3) is 0 Å². The van der Waals surface area contributed by atoms with Crippen LogP contribution in [0, 0.1) is 0 Å². The van der Waals surface area contributed by atoms with Gasteiger partial charge in [0.1, 0.15) is 0 Å². The first-order valence-electron chi connectivity index (χ1n) is 5.44. The quantitative estimate of drug-likeness (QED) is 0.398. The molecule has 0 aliphatic carbocycles. The van der Waals surface area contributed by atoms with Crippen LogP contribution in [0.4, 0.5) is 48.3 Å². The highest BCUT2D eigenvalue weighted by atomic mass is 79.9. The highest BCUT2D eigenvalue weighted by molar-refractivity contribution is 9.11. The fraction of sp³-hybridized carbons (Fsp3) is 0.455. The molecule has 13 heteroatoms. The zero-order valence-corrected chi connectivity index (χ0v) is 13.8. The standard InChI is InChI=1S/C11H3Br2F11/c12-4-1-2-6(13)5(3-4)7(14,15)8(16,17)9(18,19)10(20,21)11(22,23)24/h1-3H. The minimum absolute atomic E-state index is 0.180. The van der Waals surface area contributed by atoms with Gasteiger partial charge >= 0.3 is 29.9 Å². The molecule has 0 aromatic heterocycles. The second kappa shape index (κ2) is 5.99. The van der Waals surface area contributed by atoms with Crippen LogP contribution in [-0.4, -0.2) is 23.9 Å². The predicted octanol–water partition coefficient (Wildman–Crippen LogP) is 6.77. The van der Waals surface area contributed by atoms with Gasteiger partial charge in [-0.2, -0.15) is 48.3 Å². The van der Waals surface area contributed by atoms with E-state index in [2.05, 4.69) is 31.9 Å². The second-order valence-corrected chi connectivity index (χ2v) is 6.19. The van der Waals surface area contributed by atoms with Gasteiger partial charge in [-0.3, -0.25) is 0 Å². The van der Waals surface area contributed by atoms with Crippen LogP contribution in [0.5, 0.6) is 0 Å². The summed E-state index contributed by atoms with van der Waals surface area (Å²) in [6.07, 6.45) is -7.18. The van der Waals surface area contributed by atoms with Crippen LogP contribution in [0.3, 0.4) is 0 Å². The van der Waals surface area contributed by atoms with Crippen molar-refractivity contribution in [2.45, 2.75) is 29.9 Å². The maximum absolute atomic E-state index is 13.8. The molecule has 0 saturated heterocycles. The van der Waals surface area contributed by atoms with Gasteiger partial charge in [0.05, 0.1) is 0 Å². The summed E-state index contributed by atoms with van der Waals surface area (Å²) >= 11 is 4.89. The molecule has 0 amide bonds. The molecule has 0 spiro atoms. The minimum atomic E-state index is -7.43. The Balaban J connectivity index is 3.59. The Morgan fingerprint density at radius 2 is 1.08 bits per heavy atom. The molecule has 0 atom stereocenters. The van der Waals surface area contributed by atoms with Crippen molar-refractivity contribution in [3.63, 3.8) is 0 Å². The third-order valence-corrected chi connectivity index (χ3v) is 3.99. The molecule has 0 heterocycles. The number of alkyl halides is 11. The Morgan fingerprint density at radius 1 is 0.625 bits per heavy atom. The van der Waals surface area contributed by atoms with Crippen molar-refractivity contribution < 1.29 is 48.3 Å². The molecule has 0 aliphatic rings. The summed E-state index contributed by atoms with van der Waals surface area (Å²) in [5.41, 5.74) is -1.90. The summed E-state index contributed by atoms with van der Waals surface area (Å²) in [5, 5.41) is 0. The molecule has 0 radical (unpaired) electrons. The van der Waals surface area contributed by atoms with Crippen LogP contribution in [0.25, 0.3) is 0 Å². The van der Waals surface area contributed by atoms with Gasteiger partial charge in [0.15, 0.2) is 0 Å². The molecule has 1 aromatic carbocycles. The molecule has 0 aliphatic heterocycles. The Kier molecular flexibility index (Phi) is 5.35. The molecule has 1 aromatic rings. The normalized spacial score (nSPS) is 14.9. The Labute approximate surface area is 143 Å². The fourth-order valence-electron chi connectivity index (χ4n) is 1.48. The van der Waals surface area contributed by atoms with Gasteiger partial charge in [-0.05, 0) is 18.2 Å². The van der Waals surface area contributed by atoms with Gasteiger partial charge < -0.3 is 0 Å². The Bertz CT molecular complexity index is 621. The molecule has 0 unspecified atom stereocenters. The average Bonchev–Trinajstić information content (AvgIpc) is 2.39. The number of benzene rings is 1. The molecule has 0 bridgehead atoms. The second-order valence-electron chi connectivity index (χ2n) is 4.42. The molecule has 0 N–H and O–H groups in total. The van der Waals surface area contributed by atoms with E-state index in [-0.39, 0.29) is 10.5 Å². The van der Waals surface area contributed by atoms with E-state index in [4.69, 9.17) is 0 Å². The lowest BCUT2D eigenvalue weighted by molar-refractivity contribution is -0.424. The zero-order valence-electron chi connectivity index (χ0n) is 10.6. The van der Waals surface area contributed by atoms with Crippen LogP contribution in [0.15, 0.2) is 27.1 Å². The van der Waals surface area contributed by atoms with E-state index in [1.807, 2.05) is 0 Å². The number of hydrogen-bond donors (Lipinski definition) is 0. The van der Waals surface area contributed by atoms with Crippen molar-refractivity contribution in [1.29, 1.82) is 0 Å². The number of halogens is 13.